The first-order valence-corrected chi connectivity index (χ1v) is 11.8. The van der Waals surface area contributed by atoms with Gasteiger partial charge in [0.2, 0.25) is 11.8 Å². The first kappa shape index (κ1) is 20.9. The van der Waals surface area contributed by atoms with Crippen LogP contribution in [0.4, 0.5) is 17.1 Å². The van der Waals surface area contributed by atoms with Gasteiger partial charge >= 0.3 is 0 Å². The van der Waals surface area contributed by atoms with E-state index in [1.165, 1.54) is 38.0 Å². The van der Waals surface area contributed by atoms with E-state index in [1.54, 1.807) is 4.90 Å². The summed E-state index contributed by atoms with van der Waals surface area (Å²) in [6.45, 7) is 6.04. The van der Waals surface area contributed by atoms with E-state index in [9.17, 15) is 9.59 Å². The predicted octanol–water partition coefficient (Wildman–Crippen LogP) is 3.91. The van der Waals surface area contributed by atoms with Gasteiger partial charge in [0.05, 0.1) is 5.92 Å². The quantitative estimate of drug-likeness (QED) is 0.696. The van der Waals surface area contributed by atoms with Crippen molar-refractivity contribution in [1.82, 2.24) is 10.2 Å². The second kappa shape index (κ2) is 8.49. The number of nitrogens with one attached hydrogen (secondary N) is 2. The van der Waals surface area contributed by atoms with Crippen molar-refractivity contribution in [2.75, 3.05) is 36.4 Å². The average Bonchev–Trinajstić information content (AvgIpc) is 3.13. The second-order valence-corrected chi connectivity index (χ2v) is 9.63. The Balaban J connectivity index is 1.09. The minimum atomic E-state index is -0.234. The maximum absolute atomic E-state index is 12.4. The van der Waals surface area contributed by atoms with Crippen LogP contribution in [0, 0.1) is 11.3 Å². The third-order valence-electron chi connectivity index (χ3n) is 7.38. The van der Waals surface area contributed by atoms with Crippen LogP contribution in [0.25, 0.3) is 0 Å². The zero-order chi connectivity index (χ0) is 22.1. The van der Waals surface area contributed by atoms with Crippen LogP contribution in [-0.4, -0.2) is 42.9 Å². The molecule has 1 saturated carbocycles. The summed E-state index contributed by atoms with van der Waals surface area (Å²) in [5, 5.41) is 6.42. The van der Waals surface area contributed by atoms with Gasteiger partial charge in [0.15, 0.2) is 0 Å². The Morgan fingerprint density at radius 1 is 1.03 bits per heavy atom. The lowest BCUT2D eigenvalue weighted by Crippen LogP contribution is -2.59. The van der Waals surface area contributed by atoms with Gasteiger partial charge in [-0.2, -0.15) is 0 Å². The summed E-state index contributed by atoms with van der Waals surface area (Å²) >= 11 is 0. The number of likely N-dealkylation sites (tertiary alicyclic amines) is 1. The third kappa shape index (κ3) is 4.18. The van der Waals surface area contributed by atoms with E-state index >= 15 is 0 Å². The van der Waals surface area contributed by atoms with Gasteiger partial charge in [0.25, 0.3) is 0 Å². The minimum Gasteiger partial charge on any atom is -0.370 e. The molecule has 5 rings (SSSR count). The maximum atomic E-state index is 12.4. The van der Waals surface area contributed by atoms with Gasteiger partial charge in [-0.3, -0.25) is 9.59 Å². The van der Waals surface area contributed by atoms with Gasteiger partial charge in [-0.25, -0.2) is 0 Å². The Bertz CT molecular complexity index is 974. The van der Waals surface area contributed by atoms with Gasteiger partial charge < -0.3 is 20.4 Å². The third-order valence-corrected chi connectivity index (χ3v) is 7.38. The van der Waals surface area contributed by atoms with Crippen LogP contribution >= 0.6 is 0 Å². The fraction of sp³-hybridized carbons (Fsp3) is 0.462. The molecule has 168 valence electrons. The van der Waals surface area contributed by atoms with Crippen molar-refractivity contribution in [3.8, 4) is 0 Å². The van der Waals surface area contributed by atoms with E-state index in [2.05, 4.69) is 39.8 Å². The normalized spacial score (nSPS) is 21.3. The van der Waals surface area contributed by atoms with Crippen molar-refractivity contribution in [3.63, 3.8) is 0 Å². The Morgan fingerprint density at radius 3 is 2.25 bits per heavy atom. The Kier molecular flexibility index (Phi) is 5.53. The first-order valence-electron chi connectivity index (χ1n) is 11.8. The van der Waals surface area contributed by atoms with Crippen LogP contribution in [0.1, 0.15) is 38.2 Å². The number of rotatable bonds is 7. The van der Waals surface area contributed by atoms with Gasteiger partial charge in [-0.1, -0.05) is 18.6 Å². The highest BCUT2D eigenvalue weighted by atomic mass is 16.2. The molecule has 0 bridgehead atoms. The smallest absolute Gasteiger partial charge is 0.225 e. The molecule has 1 aliphatic carbocycles. The molecule has 2 amide bonds. The Hall–Kier alpha value is -3.02. The number of benzene rings is 2. The van der Waals surface area contributed by atoms with Gasteiger partial charge in [0.1, 0.15) is 0 Å². The summed E-state index contributed by atoms with van der Waals surface area (Å²) < 4.78 is 0. The molecular formula is C26H32N4O2. The van der Waals surface area contributed by atoms with E-state index in [-0.39, 0.29) is 17.7 Å². The molecule has 6 heteroatoms. The average molecular weight is 433 g/mol. The first-order chi connectivity index (χ1) is 15.5. The van der Waals surface area contributed by atoms with Crippen LogP contribution in [0.2, 0.25) is 0 Å². The molecule has 1 spiro atoms. The molecule has 32 heavy (non-hydrogen) atoms. The van der Waals surface area contributed by atoms with Crippen molar-refractivity contribution in [2.24, 2.45) is 11.3 Å². The zero-order valence-corrected chi connectivity index (χ0v) is 18.8. The minimum absolute atomic E-state index is 0.0398. The van der Waals surface area contributed by atoms with E-state index in [0.717, 1.165) is 16.9 Å². The van der Waals surface area contributed by atoms with E-state index in [1.807, 2.05) is 31.2 Å². The molecular weight excluding hydrogens is 400 g/mol. The molecule has 1 atom stereocenters. The molecule has 2 aliphatic heterocycles. The molecule has 2 N–H and O–H groups in total. The molecule has 1 unspecified atom stereocenters. The number of hydrogen-bond donors (Lipinski definition) is 2. The van der Waals surface area contributed by atoms with E-state index in [4.69, 9.17) is 0 Å². The second-order valence-electron chi connectivity index (χ2n) is 9.63. The summed E-state index contributed by atoms with van der Waals surface area (Å²) in [7, 11) is 0. The van der Waals surface area contributed by atoms with Crippen LogP contribution in [0.3, 0.4) is 0 Å². The molecule has 6 nitrogen and oxygen atoms in total. The van der Waals surface area contributed by atoms with Crippen molar-refractivity contribution >= 4 is 28.9 Å². The monoisotopic (exact) mass is 432 g/mol. The highest BCUT2D eigenvalue weighted by Gasteiger charge is 2.47. The fourth-order valence-corrected chi connectivity index (χ4v) is 5.15. The summed E-state index contributed by atoms with van der Waals surface area (Å²) in [5.41, 5.74) is 5.08. The number of carbonyl (C=O) groups excluding carboxylic acids is 2. The van der Waals surface area contributed by atoms with Gasteiger partial charge in [-0.15, -0.1) is 0 Å². The van der Waals surface area contributed by atoms with Crippen molar-refractivity contribution in [1.29, 1.82) is 0 Å². The van der Waals surface area contributed by atoms with E-state index < -0.39 is 0 Å². The van der Waals surface area contributed by atoms with Crippen molar-refractivity contribution in [2.45, 2.75) is 39.2 Å². The fourth-order valence-electron chi connectivity index (χ4n) is 5.15. The summed E-state index contributed by atoms with van der Waals surface area (Å²) in [5.74, 6) is -0.202. The standard InChI is InChI=1S/C26H32N4O2/c1-2-29-16-20(14-24(29)31)25(32)27-15-19-4-6-21(7-5-19)28-22-8-10-23(11-9-22)30-17-26(18-30)12-3-13-26/h4-11,20,28H,2-3,12-18H2,1H3,(H,27,32). The lowest BCUT2D eigenvalue weighted by atomic mass is 9.63. The van der Waals surface area contributed by atoms with Crippen molar-refractivity contribution in [3.05, 3.63) is 54.1 Å². The molecule has 0 aromatic heterocycles. The zero-order valence-electron chi connectivity index (χ0n) is 18.8. The number of anilines is 3. The number of nitrogens with zero attached hydrogens (tertiary/aromatic N) is 2. The molecule has 2 aromatic rings. The molecule has 2 heterocycles. The lowest BCUT2D eigenvalue weighted by molar-refractivity contribution is -0.128. The number of amides is 2. The highest BCUT2D eigenvalue weighted by molar-refractivity contribution is 5.89. The van der Waals surface area contributed by atoms with Gasteiger partial charge in [0, 0.05) is 61.6 Å². The van der Waals surface area contributed by atoms with Crippen LogP contribution in [0.15, 0.2) is 48.5 Å². The van der Waals surface area contributed by atoms with Crippen LogP contribution in [0.5, 0.6) is 0 Å². The topological polar surface area (TPSA) is 64.7 Å². The number of carbonyl (C=O) groups is 2. The summed E-state index contributed by atoms with van der Waals surface area (Å²) in [4.78, 5) is 28.4. The van der Waals surface area contributed by atoms with Gasteiger partial charge in [-0.05, 0) is 61.7 Å². The summed E-state index contributed by atoms with van der Waals surface area (Å²) in [6.07, 6.45) is 4.53. The van der Waals surface area contributed by atoms with Crippen LogP contribution < -0.4 is 15.5 Å². The van der Waals surface area contributed by atoms with Crippen LogP contribution in [-0.2, 0) is 16.1 Å². The summed E-state index contributed by atoms with van der Waals surface area (Å²) in [6, 6.07) is 16.8. The SMILES string of the molecule is CCN1CC(C(=O)NCc2ccc(Nc3ccc(N4CC5(CCC5)C4)cc3)cc2)CC1=O. The molecule has 3 aliphatic rings. The Morgan fingerprint density at radius 2 is 1.69 bits per heavy atom. The molecule has 3 fully saturated rings. The number of hydrogen-bond acceptors (Lipinski definition) is 4. The van der Waals surface area contributed by atoms with E-state index in [0.29, 0.717) is 31.5 Å². The maximum Gasteiger partial charge on any atom is 0.225 e. The molecule has 2 saturated heterocycles. The lowest BCUT2D eigenvalue weighted by Gasteiger charge is -2.57. The Labute approximate surface area is 190 Å². The molecule has 0 radical (unpaired) electrons. The molecule has 2 aromatic carbocycles. The predicted molar refractivity (Wildman–Crippen MR) is 127 cm³/mol. The van der Waals surface area contributed by atoms with Crippen molar-refractivity contribution < 1.29 is 9.59 Å². The highest BCUT2D eigenvalue weighted by Crippen LogP contribution is 2.49. The largest absolute Gasteiger partial charge is 0.370 e.